The topological polar surface area (TPSA) is 85.6 Å². The van der Waals surface area contributed by atoms with Crippen LogP contribution in [0, 0.1) is 0 Å². The molecule has 1 aromatic carbocycles. The van der Waals surface area contributed by atoms with Crippen molar-refractivity contribution >= 4 is 12.1 Å². The number of benzene rings is 1. The molecule has 0 unspecified atom stereocenters. The number of alkyl halides is 6. The normalized spacial score (nSPS) is 12.3. The van der Waals surface area contributed by atoms with E-state index in [1.807, 2.05) is 0 Å². The summed E-state index contributed by atoms with van der Waals surface area (Å²) in [6.45, 7) is 0.150. The van der Waals surface area contributed by atoms with Gasteiger partial charge in [0, 0.05) is 42.3 Å². The lowest BCUT2D eigenvalue weighted by Gasteiger charge is -2.13. The summed E-state index contributed by atoms with van der Waals surface area (Å²) in [6, 6.07) is 1.06. The molecule has 0 aliphatic rings. The van der Waals surface area contributed by atoms with Crippen molar-refractivity contribution in [2.45, 2.75) is 18.9 Å². The molecule has 13 heteroatoms. The van der Waals surface area contributed by atoms with E-state index >= 15 is 0 Å². The number of aromatic nitrogens is 5. The summed E-state index contributed by atoms with van der Waals surface area (Å²) in [7, 11) is 0. The Morgan fingerprint density at radius 3 is 2.19 bits per heavy atom. The lowest BCUT2D eigenvalue weighted by Crippen LogP contribution is -2.20. The van der Waals surface area contributed by atoms with E-state index in [0.717, 1.165) is 23.3 Å². The summed E-state index contributed by atoms with van der Waals surface area (Å²) in [5.74, 6) is -0.901. The molecule has 0 bridgehead atoms. The first-order valence-electron chi connectivity index (χ1n) is 8.43. The third-order valence-corrected chi connectivity index (χ3v) is 3.81. The number of hydrogen-bond donors (Lipinski definition) is 1. The smallest absolute Gasteiger partial charge is 0.348 e. The van der Waals surface area contributed by atoms with Gasteiger partial charge in [0.15, 0.2) is 5.82 Å². The monoisotopic (exact) mass is 442 g/mol. The Labute approximate surface area is 170 Å². The van der Waals surface area contributed by atoms with Crippen LogP contribution in [0.4, 0.5) is 26.3 Å². The third kappa shape index (κ3) is 5.87. The number of nitrogens with zero attached hydrogens (tertiary/aromatic N) is 5. The number of halogens is 6. The molecule has 0 radical (unpaired) electrons. The van der Waals surface area contributed by atoms with Gasteiger partial charge in [-0.05, 0) is 18.2 Å². The molecular weight excluding hydrogens is 430 g/mol. The highest BCUT2D eigenvalue weighted by molar-refractivity contribution is 5.89. The molecule has 31 heavy (non-hydrogen) atoms. The first-order valence-corrected chi connectivity index (χ1v) is 8.43. The van der Waals surface area contributed by atoms with Crippen molar-refractivity contribution in [2.75, 3.05) is 0 Å². The minimum absolute atomic E-state index is 0.0164. The molecule has 1 N–H and O–H groups in total. The minimum Gasteiger partial charge on any atom is -0.348 e. The van der Waals surface area contributed by atoms with E-state index in [0.29, 0.717) is 17.7 Å². The molecule has 3 aromatic rings. The second-order valence-electron chi connectivity index (χ2n) is 6.12. The highest BCUT2D eigenvalue weighted by Crippen LogP contribution is 2.37. The Morgan fingerprint density at radius 2 is 1.61 bits per heavy atom. The predicted octanol–water partition coefficient (Wildman–Crippen LogP) is 3.56. The van der Waals surface area contributed by atoms with Gasteiger partial charge in [-0.3, -0.25) is 4.79 Å². The van der Waals surface area contributed by atoms with Crippen LogP contribution in [-0.4, -0.2) is 30.6 Å². The maximum atomic E-state index is 13.0. The largest absolute Gasteiger partial charge is 0.416 e. The van der Waals surface area contributed by atoms with Crippen LogP contribution in [0.3, 0.4) is 0 Å². The molecule has 2 aromatic heterocycles. The molecule has 1 amide bonds. The fourth-order valence-electron chi connectivity index (χ4n) is 2.38. The van der Waals surface area contributed by atoms with Gasteiger partial charge in [-0.15, -0.1) is 5.10 Å². The molecule has 2 heterocycles. The number of rotatable bonds is 5. The van der Waals surface area contributed by atoms with E-state index in [2.05, 4.69) is 25.4 Å². The predicted molar refractivity (Wildman–Crippen MR) is 94.7 cm³/mol. The van der Waals surface area contributed by atoms with Crippen LogP contribution in [0.25, 0.3) is 17.6 Å². The quantitative estimate of drug-likeness (QED) is 0.483. The van der Waals surface area contributed by atoms with Crippen molar-refractivity contribution in [3.05, 3.63) is 66.0 Å². The van der Waals surface area contributed by atoms with Gasteiger partial charge in [-0.1, -0.05) is 0 Å². The van der Waals surface area contributed by atoms with Crippen molar-refractivity contribution < 1.29 is 31.1 Å². The number of nitrogens with one attached hydrogen (secondary N) is 1. The summed E-state index contributed by atoms with van der Waals surface area (Å²) in [4.78, 5) is 23.1. The van der Waals surface area contributed by atoms with Crippen LogP contribution in [-0.2, 0) is 23.7 Å². The summed E-state index contributed by atoms with van der Waals surface area (Å²) in [6.07, 6.45) is -2.38. The molecule has 0 saturated carbocycles. The Morgan fingerprint density at radius 1 is 1.00 bits per heavy atom. The van der Waals surface area contributed by atoms with Crippen LogP contribution in [0.5, 0.6) is 0 Å². The van der Waals surface area contributed by atoms with Crippen molar-refractivity contribution in [1.29, 1.82) is 0 Å². The first-order chi connectivity index (χ1) is 14.5. The van der Waals surface area contributed by atoms with Crippen molar-refractivity contribution in [2.24, 2.45) is 0 Å². The van der Waals surface area contributed by atoms with Crippen LogP contribution in [0.1, 0.15) is 16.7 Å². The number of carbonyl (C=O) groups is 1. The fraction of sp³-hybridized carbons (Fsp3) is 0.167. The summed E-state index contributed by atoms with van der Waals surface area (Å²) < 4.78 is 78.9. The Balaban J connectivity index is 1.77. The van der Waals surface area contributed by atoms with E-state index in [-0.39, 0.29) is 18.4 Å². The van der Waals surface area contributed by atoms with E-state index in [4.69, 9.17) is 0 Å². The molecule has 0 spiro atoms. The van der Waals surface area contributed by atoms with Crippen LogP contribution < -0.4 is 5.32 Å². The molecule has 7 nitrogen and oxygen atoms in total. The van der Waals surface area contributed by atoms with Crippen LogP contribution in [0.15, 0.2) is 49.3 Å². The Kier molecular flexibility index (Phi) is 6.04. The van der Waals surface area contributed by atoms with Gasteiger partial charge in [0.1, 0.15) is 12.7 Å². The molecule has 0 atom stereocenters. The minimum atomic E-state index is -4.99. The molecule has 0 aliphatic heterocycles. The van der Waals surface area contributed by atoms with Crippen molar-refractivity contribution in [3.63, 3.8) is 0 Å². The lowest BCUT2D eigenvalue weighted by atomic mass is 10.0. The molecule has 162 valence electrons. The van der Waals surface area contributed by atoms with Crippen molar-refractivity contribution in [1.82, 2.24) is 30.0 Å². The van der Waals surface area contributed by atoms with Crippen molar-refractivity contribution in [3.8, 4) is 11.4 Å². The molecule has 3 rings (SSSR count). The SMILES string of the molecule is O=C(/C=C\n1cnc(-c2cc(C(F)(F)F)cc(C(F)(F)F)c2)n1)NCc1cncnc1. The fourth-order valence-corrected chi connectivity index (χ4v) is 2.38. The van der Waals surface area contributed by atoms with E-state index in [9.17, 15) is 31.1 Å². The van der Waals surface area contributed by atoms with E-state index < -0.39 is 35.0 Å². The van der Waals surface area contributed by atoms with E-state index in [1.54, 1.807) is 0 Å². The standard InChI is InChI=1S/C18H12F6N6O/c19-17(20,21)13-3-12(4-14(5-13)18(22,23)24)16-28-10-30(29-16)2-1-15(31)27-8-11-6-25-9-26-7-11/h1-7,9-10H,8H2,(H,27,31)/b2-1-. The summed E-state index contributed by atoms with van der Waals surface area (Å²) >= 11 is 0. The zero-order valence-electron chi connectivity index (χ0n) is 15.3. The molecule has 0 saturated heterocycles. The Hall–Kier alpha value is -3.77. The van der Waals surface area contributed by atoms with Gasteiger partial charge in [0.25, 0.3) is 0 Å². The first kappa shape index (κ1) is 21.9. The van der Waals surface area contributed by atoms with Crippen LogP contribution in [0.2, 0.25) is 0 Å². The molecule has 0 fully saturated rings. The van der Waals surface area contributed by atoms with Gasteiger partial charge < -0.3 is 5.32 Å². The van der Waals surface area contributed by atoms with Crippen LogP contribution >= 0.6 is 0 Å². The second kappa shape index (κ2) is 8.53. The summed E-state index contributed by atoms with van der Waals surface area (Å²) in [5.41, 5.74) is -2.78. The van der Waals surface area contributed by atoms with Gasteiger partial charge in [-0.25, -0.2) is 19.6 Å². The Bertz CT molecular complexity index is 1060. The zero-order valence-corrected chi connectivity index (χ0v) is 15.3. The number of carbonyl (C=O) groups excluding carboxylic acids is 1. The van der Waals surface area contributed by atoms with Gasteiger partial charge in [-0.2, -0.15) is 26.3 Å². The lowest BCUT2D eigenvalue weighted by molar-refractivity contribution is -0.143. The number of hydrogen-bond acceptors (Lipinski definition) is 5. The number of amides is 1. The maximum absolute atomic E-state index is 13.0. The second-order valence-corrected chi connectivity index (χ2v) is 6.12. The average Bonchev–Trinajstić information content (AvgIpc) is 3.19. The summed E-state index contributed by atoms with van der Waals surface area (Å²) in [5, 5.41) is 6.34. The zero-order chi connectivity index (χ0) is 22.6. The van der Waals surface area contributed by atoms with Gasteiger partial charge in [0.05, 0.1) is 11.1 Å². The third-order valence-electron chi connectivity index (χ3n) is 3.81. The highest BCUT2D eigenvalue weighted by atomic mass is 19.4. The molecule has 0 aliphatic carbocycles. The molecular formula is C18H12F6N6O. The maximum Gasteiger partial charge on any atom is 0.416 e. The highest BCUT2D eigenvalue weighted by Gasteiger charge is 2.37. The van der Waals surface area contributed by atoms with Gasteiger partial charge in [0.2, 0.25) is 5.91 Å². The van der Waals surface area contributed by atoms with E-state index in [1.165, 1.54) is 18.7 Å². The average molecular weight is 442 g/mol. The van der Waals surface area contributed by atoms with Gasteiger partial charge >= 0.3 is 12.4 Å².